The predicted molar refractivity (Wildman–Crippen MR) is 84.2 cm³/mol. The summed E-state index contributed by atoms with van der Waals surface area (Å²) < 4.78 is 15.9. The molecule has 0 saturated carbocycles. The van der Waals surface area contributed by atoms with Crippen molar-refractivity contribution in [3.05, 3.63) is 72.4 Å². The first kappa shape index (κ1) is 14.2. The first-order valence-electron chi connectivity index (χ1n) is 7.33. The third kappa shape index (κ3) is 2.77. The van der Waals surface area contributed by atoms with Crippen LogP contribution in [0.4, 0.5) is 0 Å². The van der Waals surface area contributed by atoms with Crippen molar-refractivity contribution >= 4 is 5.78 Å². The van der Waals surface area contributed by atoms with Crippen molar-refractivity contribution in [1.29, 1.82) is 0 Å². The summed E-state index contributed by atoms with van der Waals surface area (Å²) in [5.74, 6) is 1.54. The second-order valence-corrected chi connectivity index (χ2v) is 5.16. The summed E-state index contributed by atoms with van der Waals surface area (Å²) in [4.78, 5) is 12.0. The lowest BCUT2D eigenvalue weighted by atomic mass is 10.1. The van der Waals surface area contributed by atoms with Crippen molar-refractivity contribution in [2.45, 2.75) is 6.42 Å². The van der Waals surface area contributed by atoms with E-state index in [1.807, 2.05) is 24.3 Å². The third-order valence-electron chi connectivity index (χ3n) is 3.52. The Kier molecular flexibility index (Phi) is 3.55. The molecule has 0 unspecified atom stereocenters. The van der Waals surface area contributed by atoms with Gasteiger partial charge in [-0.25, -0.2) is 0 Å². The smallest absolute Gasteiger partial charge is 0.283 e. The quantitative estimate of drug-likeness (QED) is 0.517. The minimum absolute atomic E-state index is 0.0642. The Morgan fingerprint density at radius 3 is 2.33 bits per heavy atom. The van der Waals surface area contributed by atoms with Crippen LogP contribution >= 0.6 is 0 Å². The fourth-order valence-electron chi connectivity index (χ4n) is 2.31. The molecule has 0 aliphatic rings. The number of Topliss-reactive ketones (excluding diaryl/α,β-unsaturated/α-hetero) is 1. The zero-order chi connectivity index (χ0) is 16.4. The highest BCUT2D eigenvalue weighted by molar-refractivity contribution is 5.94. The number of benzene rings is 1. The highest BCUT2D eigenvalue weighted by Crippen LogP contribution is 2.24. The van der Waals surface area contributed by atoms with E-state index < -0.39 is 0 Å². The highest BCUT2D eigenvalue weighted by atomic mass is 16.4. The number of hydrogen-bond acceptors (Lipinski definition) is 6. The number of carbonyl (C=O) groups is 1. The van der Waals surface area contributed by atoms with Gasteiger partial charge in [0.15, 0.2) is 11.5 Å². The number of carbonyl (C=O) groups excluding carboxylic acids is 1. The van der Waals surface area contributed by atoms with Gasteiger partial charge in [0, 0.05) is 12.0 Å². The van der Waals surface area contributed by atoms with Crippen molar-refractivity contribution in [3.8, 4) is 23.1 Å². The number of aromatic nitrogens is 2. The van der Waals surface area contributed by atoms with Crippen LogP contribution < -0.4 is 0 Å². The van der Waals surface area contributed by atoms with Crippen LogP contribution in [0, 0.1) is 0 Å². The SMILES string of the molecule is O=C(Cc1ccc(-c2nnc(-c3ccco3)o2)cc1)c1ccco1. The van der Waals surface area contributed by atoms with E-state index in [1.54, 1.807) is 30.5 Å². The minimum Gasteiger partial charge on any atom is -0.461 e. The van der Waals surface area contributed by atoms with E-state index in [9.17, 15) is 4.79 Å². The molecule has 24 heavy (non-hydrogen) atoms. The average molecular weight is 320 g/mol. The fraction of sp³-hybridized carbons (Fsp3) is 0.0556. The Balaban J connectivity index is 1.51. The molecule has 4 rings (SSSR count). The van der Waals surface area contributed by atoms with Gasteiger partial charge in [0.25, 0.3) is 5.89 Å². The van der Waals surface area contributed by atoms with Gasteiger partial charge in [0.1, 0.15) is 0 Å². The summed E-state index contributed by atoms with van der Waals surface area (Å²) in [6, 6.07) is 14.2. The molecule has 0 aliphatic heterocycles. The maximum atomic E-state index is 12.0. The second-order valence-electron chi connectivity index (χ2n) is 5.16. The molecular formula is C18H12N2O4. The summed E-state index contributed by atoms with van der Waals surface area (Å²) in [6.45, 7) is 0. The van der Waals surface area contributed by atoms with Gasteiger partial charge in [-0.15, -0.1) is 10.2 Å². The maximum Gasteiger partial charge on any atom is 0.283 e. The van der Waals surface area contributed by atoms with E-state index in [-0.39, 0.29) is 12.2 Å². The number of hydrogen-bond donors (Lipinski definition) is 0. The largest absolute Gasteiger partial charge is 0.461 e. The van der Waals surface area contributed by atoms with Crippen molar-refractivity contribution in [3.63, 3.8) is 0 Å². The lowest BCUT2D eigenvalue weighted by Gasteiger charge is -2.00. The summed E-state index contributed by atoms with van der Waals surface area (Å²) in [5, 5.41) is 7.98. The summed E-state index contributed by atoms with van der Waals surface area (Å²) in [7, 11) is 0. The fourth-order valence-corrected chi connectivity index (χ4v) is 2.31. The Bertz CT molecular complexity index is 936. The standard InChI is InChI=1S/C18H12N2O4/c21-14(15-3-1-9-22-15)11-12-5-7-13(8-6-12)17-19-20-18(24-17)16-4-2-10-23-16/h1-10H,11H2. The normalized spacial score (nSPS) is 10.8. The molecule has 0 spiro atoms. The lowest BCUT2D eigenvalue weighted by molar-refractivity contribution is 0.0966. The van der Waals surface area contributed by atoms with Crippen LogP contribution in [0.3, 0.4) is 0 Å². The molecule has 0 N–H and O–H groups in total. The van der Waals surface area contributed by atoms with Gasteiger partial charge in [-0.05, 0) is 42.0 Å². The Labute approximate surface area is 136 Å². The zero-order valence-corrected chi connectivity index (χ0v) is 12.5. The minimum atomic E-state index is -0.0642. The first-order chi connectivity index (χ1) is 11.8. The van der Waals surface area contributed by atoms with Crippen LogP contribution in [0.15, 0.2) is 74.3 Å². The van der Waals surface area contributed by atoms with Gasteiger partial charge >= 0.3 is 0 Å². The van der Waals surface area contributed by atoms with Gasteiger partial charge in [-0.3, -0.25) is 4.79 Å². The Morgan fingerprint density at radius 2 is 1.62 bits per heavy atom. The molecule has 0 aliphatic carbocycles. The molecule has 0 saturated heterocycles. The van der Waals surface area contributed by atoms with E-state index in [0.29, 0.717) is 23.3 Å². The topological polar surface area (TPSA) is 82.3 Å². The second kappa shape index (κ2) is 6.00. The molecule has 0 radical (unpaired) electrons. The van der Waals surface area contributed by atoms with Crippen LogP contribution in [-0.2, 0) is 6.42 Å². The Morgan fingerprint density at radius 1 is 0.875 bits per heavy atom. The van der Waals surface area contributed by atoms with Gasteiger partial charge in [0.2, 0.25) is 11.7 Å². The molecule has 0 amide bonds. The average Bonchev–Trinajstić information content (AvgIpc) is 3.35. The molecule has 6 heteroatoms. The number of ketones is 1. The molecule has 3 heterocycles. The molecule has 4 aromatic rings. The zero-order valence-electron chi connectivity index (χ0n) is 12.5. The number of rotatable bonds is 5. The number of furan rings is 2. The summed E-state index contributed by atoms with van der Waals surface area (Å²) >= 11 is 0. The number of nitrogens with zero attached hydrogens (tertiary/aromatic N) is 2. The monoisotopic (exact) mass is 320 g/mol. The lowest BCUT2D eigenvalue weighted by Crippen LogP contribution is -2.01. The first-order valence-corrected chi connectivity index (χ1v) is 7.33. The molecular weight excluding hydrogens is 308 g/mol. The van der Waals surface area contributed by atoms with Crippen LogP contribution in [-0.4, -0.2) is 16.0 Å². The van der Waals surface area contributed by atoms with Crippen LogP contribution in [0.2, 0.25) is 0 Å². The highest BCUT2D eigenvalue weighted by Gasteiger charge is 2.13. The molecule has 0 bridgehead atoms. The van der Waals surface area contributed by atoms with E-state index in [4.69, 9.17) is 13.3 Å². The van der Waals surface area contributed by atoms with Crippen molar-refractivity contribution < 1.29 is 18.0 Å². The van der Waals surface area contributed by atoms with E-state index in [2.05, 4.69) is 10.2 Å². The van der Waals surface area contributed by atoms with Gasteiger partial charge in [0.05, 0.1) is 12.5 Å². The van der Waals surface area contributed by atoms with Crippen LogP contribution in [0.25, 0.3) is 23.1 Å². The van der Waals surface area contributed by atoms with Gasteiger partial charge in [-0.1, -0.05) is 12.1 Å². The predicted octanol–water partition coefficient (Wildman–Crippen LogP) is 4.02. The summed E-state index contributed by atoms with van der Waals surface area (Å²) in [5.41, 5.74) is 1.65. The van der Waals surface area contributed by atoms with E-state index in [0.717, 1.165) is 11.1 Å². The maximum absolute atomic E-state index is 12.0. The van der Waals surface area contributed by atoms with Crippen molar-refractivity contribution in [2.75, 3.05) is 0 Å². The van der Waals surface area contributed by atoms with Crippen LogP contribution in [0.1, 0.15) is 16.1 Å². The van der Waals surface area contributed by atoms with Crippen molar-refractivity contribution in [1.82, 2.24) is 10.2 Å². The van der Waals surface area contributed by atoms with Gasteiger partial charge < -0.3 is 13.3 Å². The van der Waals surface area contributed by atoms with Gasteiger partial charge in [-0.2, -0.15) is 0 Å². The summed E-state index contributed by atoms with van der Waals surface area (Å²) in [6.07, 6.45) is 3.31. The molecule has 6 nitrogen and oxygen atoms in total. The van der Waals surface area contributed by atoms with E-state index >= 15 is 0 Å². The molecule has 3 aromatic heterocycles. The molecule has 1 aromatic carbocycles. The van der Waals surface area contributed by atoms with Crippen molar-refractivity contribution in [2.24, 2.45) is 0 Å². The van der Waals surface area contributed by atoms with E-state index in [1.165, 1.54) is 6.26 Å². The van der Waals surface area contributed by atoms with Crippen LogP contribution in [0.5, 0.6) is 0 Å². The third-order valence-corrected chi connectivity index (χ3v) is 3.52. The molecule has 118 valence electrons. The molecule has 0 atom stereocenters. The molecule has 0 fully saturated rings. The Hall–Kier alpha value is -3.41.